The molecule has 1 aromatic carbocycles. The van der Waals surface area contributed by atoms with E-state index in [2.05, 4.69) is 17.3 Å². The van der Waals surface area contributed by atoms with Gasteiger partial charge in [-0.05, 0) is 31.3 Å². The van der Waals surface area contributed by atoms with Gasteiger partial charge in [0.05, 0.1) is 25.0 Å². The van der Waals surface area contributed by atoms with Gasteiger partial charge in [-0.1, -0.05) is 12.1 Å². The van der Waals surface area contributed by atoms with Crippen molar-refractivity contribution in [1.82, 2.24) is 14.8 Å². The van der Waals surface area contributed by atoms with Crippen molar-refractivity contribution in [3.63, 3.8) is 0 Å². The first-order chi connectivity index (χ1) is 13.6. The molecule has 28 heavy (non-hydrogen) atoms. The quantitative estimate of drug-likeness (QED) is 0.739. The number of piperazine rings is 1. The van der Waals surface area contributed by atoms with Crippen molar-refractivity contribution in [3.05, 3.63) is 42.0 Å². The van der Waals surface area contributed by atoms with E-state index in [-0.39, 0.29) is 5.91 Å². The van der Waals surface area contributed by atoms with Crippen LogP contribution in [0.5, 0.6) is 5.75 Å². The van der Waals surface area contributed by atoms with Crippen LogP contribution in [0.25, 0.3) is 11.3 Å². The van der Waals surface area contributed by atoms with Gasteiger partial charge in [0.1, 0.15) is 11.6 Å². The van der Waals surface area contributed by atoms with E-state index in [1.807, 2.05) is 41.3 Å². The molecular formula is C21H28N4O3. The van der Waals surface area contributed by atoms with Gasteiger partial charge >= 0.3 is 0 Å². The van der Waals surface area contributed by atoms with Crippen molar-refractivity contribution in [2.24, 2.45) is 0 Å². The number of ether oxygens (including phenoxy) is 2. The van der Waals surface area contributed by atoms with Crippen molar-refractivity contribution in [3.8, 4) is 17.0 Å². The highest BCUT2D eigenvalue weighted by Gasteiger charge is 2.23. The Balaban J connectivity index is 1.89. The lowest BCUT2D eigenvalue weighted by Crippen LogP contribution is -2.47. The Morgan fingerprint density at radius 3 is 2.64 bits per heavy atom. The molecule has 2 heterocycles. The number of benzene rings is 1. The minimum absolute atomic E-state index is 0.0118. The summed E-state index contributed by atoms with van der Waals surface area (Å²) in [4.78, 5) is 21.9. The first kappa shape index (κ1) is 20.1. The molecule has 1 aliphatic rings. The standard InChI is InChI=1S/C21H28N4O3/c1-24-10-12-25(13-11-24)21(26)18-7-8-19(23-20(18)22-9-14-27-2)16-5-4-6-17(15-16)28-3/h4-8,15H,9-14H2,1-3H3,(H,22,23). The Labute approximate surface area is 166 Å². The maximum absolute atomic E-state index is 13.1. The average Bonchev–Trinajstić information content (AvgIpc) is 2.74. The minimum Gasteiger partial charge on any atom is -0.497 e. The molecule has 0 atom stereocenters. The fourth-order valence-corrected chi connectivity index (χ4v) is 3.16. The topological polar surface area (TPSA) is 66.9 Å². The maximum Gasteiger partial charge on any atom is 0.257 e. The van der Waals surface area contributed by atoms with E-state index in [4.69, 9.17) is 14.5 Å². The van der Waals surface area contributed by atoms with Crippen molar-refractivity contribution >= 4 is 11.7 Å². The van der Waals surface area contributed by atoms with Gasteiger partial charge in [0.25, 0.3) is 5.91 Å². The van der Waals surface area contributed by atoms with Crippen LogP contribution >= 0.6 is 0 Å². The van der Waals surface area contributed by atoms with Crippen LogP contribution in [0.15, 0.2) is 36.4 Å². The molecule has 2 aromatic rings. The largest absolute Gasteiger partial charge is 0.497 e. The molecule has 0 saturated carbocycles. The lowest BCUT2D eigenvalue weighted by Gasteiger charge is -2.32. The van der Waals surface area contributed by atoms with E-state index in [0.29, 0.717) is 24.5 Å². The Bertz CT molecular complexity index is 804. The second-order valence-electron chi connectivity index (χ2n) is 6.84. The average molecular weight is 384 g/mol. The number of amides is 1. The lowest BCUT2D eigenvalue weighted by molar-refractivity contribution is 0.0664. The third-order valence-electron chi connectivity index (χ3n) is 4.88. The van der Waals surface area contributed by atoms with E-state index < -0.39 is 0 Å². The number of carbonyl (C=O) groups excluding carboxylic acids is 1. The summed E-state index contributed by atoms with van der Waals surface area (Å²) in [6.07, 6.45) is 0. The fraction of sp³-hybridized carbons (Fsp3) is 0.429. The number of methoxy groups -OCH3 is 2. The number of carbonyl (C=O) groups is 1. The van der Waals surface area contributed by atoms with E-state index in [1.165, 1.54) is 0 Å². The van der Waals surface area contributed by atoms with Crippen LogP contribution in [0.3, 0.4) is 0 Å². The predicted molar refractivity (Wildman–Crippen MR) is 110 cm³/mol. The summed E-state index contributed by atoms with van der Waals surface area (Å²) in [5.41, 5.74) is 2.31. The van der Waals surface area contributed by atoms with Crippen LogP contribution in [-0.4, -0.2) is 81.3 Å². The summed E-state index contributed by atoms with van der Waals surface area (Å²) in [5, 5.41) is 3.26. The summed E-state index contributed by atoms with van der Waals surface area (Å²) in [6, 6.07) is 11.5. The zero-order valence-corrected chi connectivity index (χ0v) is 16.8. The number of nitrogens with zero attached hydrogens (tertiary/aromatic N) is 3. The van der Waals surface area contributed by atoms with Gasteiger partial charge in [0, 0.05) is 45.4 Å². The lowest BCUT2D eigenvalue weighted by atomic mass is 10.1. The van der Waals surface area contributed by atoms with Crippen molar-refractivity contribution in [1.29, 1.82) is 0 Å². The molecular weight excluding hydrogens is 356 g/mol. The van der Waals surface area contributed by atoms with Gasteiger partial charge < -0.3 is 24.6 Å². The fourth-order valence-electron chi connectivity index (χ4n) is 3.16. The normalized spacial score (nSPS) is 14.8. The van der Waals surface area contributed by atoms with E-state index in [1.54, 1.807) is 14.2 Å². The van der Waals surface area contributed by atoms with E-state index in [0.717, 1.165) is 43.2 Å². The molecule has 7 nitrogen and oxygen atoms in total. The molecule has 0 bridgehead atoms. The summed E-state index contributed by atoms with van der Waals surface area (Å²) in [6.45, 7) is 4.33. The Morgan fingerprint density at radius 1 is 1.14 bits per heavy atom. The van der Waals surface area contributed by atoms with Gasteiger partial charge in [-0.25, -0.2) is 4.98 Å². The molecule has 1 aromatic heterocycles. The van der Waals surface area contributed by atoms with E-state index in [9.17, 15) is 4.79 Å². The molecule has 7 heteroatoms. The monoisotopic (exact) mass is 384 g/mol. The first-order valence-electron chi connectivity index (χ1n) is 9.48. The van der Waals surface area contributed by atoms with Crippen molar-refractivity contribution < 1.29 is 14.3 Å². The summed E-state index contributed by atoms with van der Waals surface area (Å²) in [5.74, 6) is 1.37. The molecule has 1 saturated heterocycles. The first-order valence-corrected chi connectivity index (χ1v) is 9.48. The molecule has 1 aliphatic heterocycles. The number of hydrogen-bond acceptors (Lipinski definition) is 6. The molecule has 1 amide bonds. The highest BCUT2D eigenvalue weighted by atomic mass is 16.5. The molecule has 0 radical (unpaired) electrons. The number of hydrogen-bond donors (Lipinski definition) is 1. The summed E-state index contributed by atoms with van der Waals surface area (Å²) >= 11 is 0. The molecule has 0 spiro atoms. The van der Waals surface area contributed by atoms with Gasteiger partial charge in [0.2, 0.25) is 0 Å². The second-order valence-corrected chi connectivity index (χ2v) is 6.84. The van der Waals surface area contributed by atoms with Crippen LogP contribution in [-0.2, 0) is 4.74 Å². The summed E-state index contributed by atoms with van der Waals surface area (Å²) < 4.78 is 10.4. The molecule has 0 unspecified atom stereocenters. The van der Waals surface area contributed by atoms with Crippen molar-refractivity contribution in [2.45, 2.75) is 0 Å². The highest BCUT2D eigenvalue weighted by molar-refractivity contribution is 5.99. The number of anilines is 1. The number of aromatic nitrogens is 1. The van der Waals surface area contributed by atoms with Crippen molar-refractivity contribution in [2.75, 3.05) is 65.9 Å². The maximum atomic E-state index is 13.1. The van der Waals surface area contributed by atoms with Crippen LogP contribution < -0.4 is 10.1 Å². The Hall–Kier alpha value is -2.64. The molecule has 0 aliphatic carbocycles. The van der Waals surface area contributed by atoms with Crippen LogP contribution in [0.2, 0.25) is 0 Å². The Kier molecular flexibility index (Phi) is 6.84. The number of likely N-dealkylation sites (N-methyl/N-ethyl adjacent to an activating group) is 1. The van der Waals surface area contributed by atoms with Gasteiger partial charge in [0.15, 0.2) is 0 Å². The minimum atomic E-state index is 0.0118. The molecule has 150 valence electrons. The number of pyridine rings is 1. The zero-order valence-electron chi connectivity index (χ0n) is 16.8. The molecule has 1 fully saturated rings. The van der Waals surface area contributed by atoms with Gasteiger partial charge in [-0.15, -0.1) is 0 Å². The highest BCUT2D eigenvalue weighted by Crippen LogP contribution is 2.26. The SMILES string of the molecule is COCCNc1nc(-c2cccc(OC)c2)ccc1C(=O)N1CCN(C)CC1. The van der Waals surface area contributed by atoms with E-state index >= 15 is 0 Å². The van der Waals surface area contributed by atoms with Crippen LogP contribution in [0.1, 0.15) is 10.4 Å². The predicted octanol–water partition coefficient (Wildman–Crippen LogP) is 2.20. The van der Waals surface area contributed by atoms with Gasteiger partial charge in [-0.3, -0.25) is 4.79 Å². The number of nitrogens with one attached hydrogen (secondary N) is 1. The summed E-state index contributed by atoms with van der Waals surface area (Å²) in [7, 11) is 5.37. The molecule has 3 rings (SSSR count). The van der Waals surface area contributed by atoms with Crippen LogP contribution in [0, 0.1) is 0 Å². The third kappa shape index (κ3) is 4.79. The third-order valence-corrected chi connectivity index (χ3v) is 4.88. The zero-order chi connectivity index (χ0) is 19.9. The Morgan fingerprint density at radius 2 is 1.93 bits per heavy atom. The molecule has 1 N–H and O–H groups in total. The van der Waals surface area contributed by atoms with Crippen LogP contribution in [0.4, 0.5) is 5.82 Å². The number of rotatable bonds is 7. The second kappa shape index (κ2) is 9.52. The van der Waals surface area contributed by atoms with Gasteiger partial charge in [-0.2, -0.15) is 0 Å². The smallest absolute Gasteiger partial charge is 0.257 e.